The number of benzene rings is 2. The molecule has 3 aliphatic carbocycles. The molecule has 2 aromatic carbocycles. The quantitative estimate of drug-likeness (QED) is 0.431. The first-order valence-electron chi connectivity index (χ1n) is 12.1. The molecule has 3 aliphatic rings. The van der Waals surface area contributed by atoms with Gasteiger partial charge in [0.25, 0.3) is 0 Å². The van der Waals surface area contributed by atoms with Crippen molar-refractivity contribution < 1.29 is 23.9 Å². The van der Waals surface area contributed by atoms with E-state index in [1.807, 2.05) is 60.7 Å². The van der Waals surface area contributed by atoms with Gasteiger partial charge in [0, 0.05) is 5.41 Å². The van der Waals surface area contributed by atoms with Gasteiger partial charge in [0.15, 0.2) is 11.2 Å². The minimum Gasteiger partial charge on any atom is -0.465 e. The summed E-state index contributed by atoms with van der Waals surface area (Å²) in [6, 6.07) is 19.8. The molecule has 0 aliphatic heterocycles. The number of hydrogen-bond donors (Lipinski definition) is 0. The van der Waals surface area contributed by atoms with E-state index in [1.54, 1.807) is 19.9 Å². The Kier molecular flexibility index (Phi) is 5.79. The van der Waals surface area contributed by atoms with E-state index in [2.05, 4.69) is 12.2 Å². The van der Waals surface area contributed by atoms with Crippen LogP contribution in [0.15, 0.2) is 84.5 Å². The van der Waals surface area contributed by atoms with Crippen LogP contribution in [0.4, 0.5) is 0 Å². The summed E-state index contributed by atoms with van der Waals surface area (Å²) in [5.74, 6) is -1.68. The molecule has 0 N–H and O–H groups in total. The summed E-state index contributed by atoms with van der Waals surface area (Å²) in [4.78, 5) is 40.1. The van der Waals surface area contributed by atoms with Gasteiger partial charge in [0.05, 0.1) is 19.1 Å². The zero-order valence-corrected chi connectivity index (χ0v) is 20.0. The van der Waals surface area contributed by atoms with Gasteiger partial charge in [-0.05, 0) is 55.0 Å². The van der Waals surface area contributed by atoms with Crippen LogP contribution in [0.25, 0.3) is 11.1 Å². The van der Waals surface area contributed by atoms with Crippen LogP contribution >= 0.6 is 0 Å². The topological polar surface area (TPSA) is 69.7 Å². The van der Waals surface area contributed by atoms with Crippen LogP contribution in [0.1, 0.15) is 37.8 Å². The second-order valence-corrected chi connectivity index (χ2v) is 9.35. The number of carbonyl (C=O) groups excluding carboxylic acids is 3. The molecule has 0 heterocycles. The molecular formula is C30H28O5. The molecule has 2 unspecified atom stereocenters. The Hall–Kier alpha value is -3.73. The van der Waals surface area contributed by atoms with Crippen molar-refractivity contribution in [2.24, 2.45) is 16.7 Å². The number of allylic oxidation sites excluding steroid dienone is 6. The van der Waals surface area contributed by atoms with E-state index in [9.17, 15) is 14.4 Å². The maximum Gasteiger partial charge on any atom is 0.323 e. The monoisotopic (exact) mass is 468 g/mol. The van der Waals surface area contributed by atoms with Gasteiger partial charge in [-0.1, -0.05) is 78.4 Å². The van der Waals surface area contributed by atoms with Crippen LogP contribution in [0.2, 0.25) is 0 Å². The van der Waals surface area contributed by atoms with Gasteiger partial charge in [-0.2, -0.15) is 0 Å². The lowest BCUT2D eigenvalue weighted by molar-refractivity contribution is -0.172. The molecule has 0 bridgehead atoms. The second-order valence-electron chi connectivity index (χ2n) is 9.35. The number of ketones is 1. The molecule has 1 fully saturated rings. The van der Waals surface area contributed by atoms with E-state index >= 15 is 0 Å². The highest BCUT2D eigenvalue weighted by atomic mass is 16.6. The maximum atomic E-state index is 13.5. The number of esters is 2. The summed E-state index contributed by atoms with van der Waals surface area (Å²) in [5.41, 5.74) is 2.33. The lowest BCUT2D eigenvalue weighted by Crippen LogP contribution is -2.43. The minimum absolute atomic E-state index is 0.000201. The van der Waals surface area contributed by atoms with Gasteiger partial charge in [0.1, 0.15) is 0 Å². The molecule has 0 amide bonds. The zero-order chi connectivity index (χ0) is 24.6. The zero-order valence-electron chi connectivity index (χ0n) is 20.0. The molecule has 0 radical (unpaired) electrons. The molecule has 0 aromatic heterocycles. The van der Waals surface area contributed by atoms with E-state index in [1.165, 1.54) is 0 Å². The lowest BCUT2D eigenvalue weighted by atomic mass is 9.63. The van der Waals surface area contributed by atoms with Gasteiger partial charge in [0.2, 0.25) is 0 Å². The van der Waals surface area contributed by atoms with Crippen molar-refractivity contribution in [3.8, 4) is 0 Å². The van der Waals surface area contributed by atoms with Crippen molar-refractivity contribution in [1.29, 1.82) is 0 Å². The van der Waals surface area contributed by atoms with Crippen molar-refractivity contribution in [2.75, 3.05) is 13.2 Å². The standard InChI is InChI=1S/C30H28O5/c1-3-34-27(32)30(28(33)35-4-2)18-23-16-25(31)26-24(21-13-9-6-10-14-21)15-22(17-29(23,26)19-30)20-11-7-5-8-12-20/h5-17,26H,3-4,18-19H2,1-2H3. The van der Waals surface area contributed by atoms with Crippen LogP contribution in [-0.4, -0.2) is 30.9 Å². The third kappa shape index (κ3) is 3.57. The van der Waals surface area contributed by atoms with Crippen molar-refractivity contribution in [3.05, 3.63) is 95.6 Å². The number of hydrogen-bond acceptors (Lipinski definition) is 5. The first-order chi connectivity index (χ1) is 16.9. The summed E-state index contributed by atoms with van der Waals surface area (Å²) >= 11 is 0. The molecule has 5 heteroatoms. The van der Waals surface area contributed by atoms with Gasteiger partial charge in [-0.25, -0.2) is 0 Å². The number of carbonyl (C=O) groups is 3. The number of rotatable bonds is 6. The fourth-order valence-electron chi connectivity index (χ4n) is 5.96. The average Bonchev–Trinajstić information content (AvgIpc) is 3.33. The smallest absolute Gasteiger partial charge is 0.323 e. The van der Waals surface area contributed by atoms with E-state index < -0.39 is 28.7 Å². The molecule has 2 atom stereocenters. The van der Waals surface area contributed by atoms with Gasteiger partial charge in [-0.3, -0.25) is 14.4 Å². The fraction of sp³-hybridized carbons (Fsp3) is 0.300. The molecule has 0 saturated heterocycles. The van der Waals surface area contributed by atoms with Gasteiger partial charge in [-0.15, -0.1) is 0 Å². The highest BCUT2D eigenvalue weighted by Gasteiger charge is 2.66. The van der Waals surface area contributed by atoms with Gasteiger partial charge >= 0.3 is 11.9 Å². The normalized spacial score (nSPS) is 24.0. The third-order valence-corrected chi connectivity index (χ3v) is 7.38. The van der Waals surface area contributed by atoms with E-state index in [0.717, 1.165) is 27.8 Å². The Labute approximate surface area is 205 Å². The summed E-state index contributed by atoms with van der Waals surface area (Å²) in [7, 11) is 0. The SMILES string of the molecule is CCOC(=O)C1(C(=O)OCC)CC2=CC(=O)C3C(c4ccccc4)=CC(c4ccccc4)=CC23C1. The van der Waals surface area contributed by atoms with Crippen LogP contribution in [0.5, 0.6) is 0 Å². The molecule has 5 rings (SSSR count). The van der Waals surface area contributed by atoms with Crippen molar-refractivity contribution >= 4 is 28.9 Å². The Bertz CT molecular complexity index is 1250. The largest absolute Gasteiger partial charge is 0.465 e. The fourth-order valence-corrected chi connectivity index (χ4v) is 5.96. The van der Waals surface area contributed by atoms with E-state index in [4.69, 9.17) is 9.47 Å². The maximum absolute atomic E-state index is 13.5. The second kappa shape index (κ2) is 8.81. The van der Waals surface area contributed by atoms with Crippen molar-refractivity contribution in [3.63, 3.8) is 0 Å². The molecule has 1 spiro atoms. The molecule has 1 saturated carbocycles. The van der Waals surface area contributed by atoms with Crippen LogP contribution in [0.3, 0.4) is 0 Å². The van der Waals surface area contributed by atoms with Gasteiger partial charge < -0.3 is 9.47 Å². The Morgan fingerprint density at radius 3 is 2.00 bits per heavy atom. The molecule has 35 heavy (non-hydrogen) atoms. The van der Waals surface area contributed by atoms with Crippen molar-refractivity contribution in [1.82, 2.24) is 0 Å². The summed E-state index contributed by atoms with van der Waals surface area (Å²) in [6.07, 6.45) is 6.07. The van der Waals surface area contributed by atoms with Crippen LogP contribution in [-0.2, 0) is 23.9 Å². The molecular weight excluding hydrogens is 440 g/mol. The Balaban J connectivity index is 1.71. The van der Waals surface area contributed by atoms with Crippen LogP contribution in [0, 0.1) is 16.7 Å². The van der Waals surface area contributed by atoms with E-state index in [-0.39, 0.29) is 31.8 Å². The molecule has 2 aromatic rings. The summed E-state index contributed by atoms with van der Waals surface area (Å²) < 4.78 is 10.8. The molecule has 5 nitrogen and oxygen atoms in total. The van der Waals surface area contributed by atoms with Crippen LogP contribution < -0.4 is 0 Å². The van der Waals surface area contributed by atoms with Crippen molar-refractivity contribution in [2.45, 2.75) is 26.7 Å². The Morgan fingerprint density at radius 2 is 1.43 bits per heavy atom. The number of ether oxygens (including phenoxy) is 2. The third-order valence-electron chi connectivity index (χ3n) is 7.38. The average molecular weight is 469 g/mol. The summed E-state index contributed by atoms with van der Waals surface area (Å²) in [5, 5.41) is 0. The predicted molar refractivity (Wildman–Crippen MR) is 133 cm³/mol. The highest BCUT2D eigenvalue weighted by molar-refractivity contribution is 6.11. The van der Waals surface area contributed by atoms with E-state index in [0.29, 0.717) is 0 Å². The lowest BCUT2D eigenvalue weighted by Gasteiger charge is -2.38. The first-order valence-corrected chi connectivity index (χ1v) is 12.1. The summed E-state index contributed by atoms with van der Waals surface area (Å²) in [6.45, 7) is 3.77. The minimum atomic E-state index is -1.48. The highest BCUT2D eigenvalue weighted by Crippen LogP contribution is 2.66. The predicted octanol–water partition coefficient (Wildman–Crippen LogP) is 5.19. The first kappa shape index (κ1) is 23.0. The molecule has 178 valence electrons. The Morgan fingerprint density at radius 1 is 0.857 bits per heavy atom.